The van der Waals surface area contributed by atoms with Crippen molar-refractivity contribution in [3.63, 3.8) is 0 Å². The molecule has 0 spiro atoms. The summed E-state index contributed by atoms with van der Waals surface area (Å²) in [5.41, 5.74) is 0.0844. The predicted octanol–water partition coefficient (Wildman–Crippen LogP) is 2.46. The highest BCUT2D eigenvalue weighted by molar-refractivity contribution is 7.99. The normalized spacial score (nSPS) is 10.6. The molecular weight excluding hydrogens is 232 g/mol. The van der Waals surface area contributed by atoms with Gasteiger partial charge in [0.2, 0.25) is 0 Å². The molecule has 0 N–H and O–H groups in total. The topological polar surface area (TPSA) is 26.9 Å². The molecule has 0 saturated carbocycles. The Kier molecular flexibility index (Phi) is 4.09. The van der Waals surface area contributed by atoms with Crippen LogP contribution >= 0.6 is 11.8 Å². The molecule has 0 radical (unpaired) electrons. The zero-order valence-corrected chi connectivity index (χ0v) is 10.7. The Labute approximate surface area is 105 Å². The Bertz CT molecular complexity index is 516. The molecule has 0 bridgehead atoms. The summed E-state index contributed by atoms with van der Waals surface area (Å²) in [6, 6.07) is 10.2. The molecule has 1 aromatic heterocycles. The summed E-state index contributed by atoms with van der Waals surface area (Å²) < 4.78 is 3.48. The van der Waals surface area contributed by atoms with Crippen molar-refractivity contribution in [2.75, 3.05) is 5.75 Å². The molecule has 0 atom stereocenters. The largest absolute Gasteiger partial charge is 0.328 e. The van der Waals surface area contributed by atoms with E-state index in [1.165, 1.54) is 4.90 Å². The van der Waals surface area contributed by atoms with Crippen LogP contribution in [-0.2, 0) is 13.1 Å². The monoisotopic (exact) mass is 248 g/mol. The van der Waals surface area contributed by atoms with Crippen molar-refractivity contribution >= 4 is 11.8 Å². The van der Waals surface area contributed by atoms with Crippen molar-refractivity contribution in [2.24, 2.45) is 0 Å². The molecule has 2 rings (SSSR count). The van der Waals surface area contributed by atoms with Gasteiger partial charge in [-0.1, -0.05) is 18.2 Å². The number of hydrogen-bond acceptors (Lipinski definition) is 2. The third-order valence-corrected chi connectivity index (χ3v) is 3.59. The molecule has 1 aromatic carbocycles. The molecule has 0 amide bonds. The van der Waals surface area contributed by atoms with Crippen LogP contribution in [0.4, 0.5) is 0 Å². The summed E-state index contributed by atoms with van der Waals surface area (Å²) in [4.78, 5) is 13.0. The highest BCUT2D eigenvalue weighted by Crippen LogP contribution is 2.16. The zero-order valence-electron chi connectivity index (χ0n) is 9.87. The third kappa shape index (κ3) is 3.03. The number of aromatic nitrogens is 2. The van der Waals surface area contributed by atoms with Crippen LogP contribution in [0.15, 0.2) is 52.4 Å². The first-order chi connectivity index (χ1) is 8.31. The molecule has 90 valence electrons. The van der Waals surface area contributed by atoms with E-state index in [4.69, 9.17) is 0 Å². The first-order valence-electron chi connectivity index (χ1n) is 5.74. The van der Waals surface area contributed by atoms with Crippen LogP contribution in [0.1, 0.15) is 6.92 Å². The highest BCUT2D eigenvalue weighted by atomic mass is 32.2. The van der Waals surface area contributed by atoms with Crippen molar-refractivity contribution < 1.29 is 0 Å². The minimum Gasteiger partial charge on any atom is -0.300 e. The van der Waals surface area contributed by atoms with E-state index in [9.17, 15) is 4.79 Å². The van der Waals surface area contributed by atoms with Crippen molar-refractivity contribution in [2.45, 2.75) is 24.9 Å². The highest BCUT2D eigenvalue weighted by Gasteiger charge is 2.01. The summed E-state index contributed by atoms with van der Waals surface area (Å²) in [6.45, 7) is 3.47. The summed E-state index contributed by atoms with van der Waals surface area (Å²) in [5.74, 6) is 0.914. The van der Waals surface area contributed by atoms with Gasteiger partial charge in [0, 0.05) is 36.1 Å². The van der Waals surface area contributed by atoms with Gasteiger partial charge in [0.1, 0.15) is 0 Å². The van der Waals surface area contributed by atoms with Crippen LogP contribution in [0, 0.1) is 0 Å². The molecule has 0 aliphatic rings. The van der Waals surface area contributed by atoms with Crippen LogP contribution in [0.25, 0.3) is 0 Å². The number of thioether (sulfide) groups is 1. The lowest BCUT2D eigenvalue weighted by Crippen LogP contribution is -2.24. The second-order valence-corrected chi connectivity index (χ2v) is 4.89. The Morgan fingerprint density at radius 2 is 1.82 bits per heavy atom. The first kappa shape index (κ1) is 12.0. The summed E-state index contributed by atoms with van der Waals surface area (Å²) in [6.07, 6.45) is 3.70. The van der Waals surface area contributed by atoms with Gasteiger partial charge in [0.25, 0.3) is 0 Å². The minimum atomic E-state index is 0.0844. The molecule has 17 heavy (non-hydrogen) atoms. The molecule has 1 heterocycles. The SMILES string of the molecule is CCn1ccn(CCSc2ccccc2)c1=O. The van der Waals surface area contributed by atoms with Crippen LogP contribution in [0.2, 0.25) is 0 Å². The van der Waals surface area contributed by atoms with E-state index < -0.39 is 0 Å². The maximum atomic E-state index is 11.8. The fraction of sp³-hybridized carbons (Fsp3) is 0.308. The van der Waals surface area contributed by atoms with E-state index in [0.29, 0.717) is 0 Å². The molecule has 0 fully saturated rings. The Hall–Kier alpha value is -1.42. The molecule has 3 nitrogen and oxygen atoms in total. The van der Waals surface area contributed by atoms with Crippen LogP contribution < -0.4 is 5.69 Å². The maximum absolute atomic E-state index is 11.8. The van der Waals surface area contributed by atoms with Crippen LogP contribution in [0.3, 0.4) is 0 Å². The van der Waals surface area contributed by atoms with Crippen molar-refractivity contribution in [3.05, 3.63) is 53.2 Å². The molecule has 2 aromatic rings. The molecule has 4 heteroatoms. The van der Waals surface area contributed by atoms with Gasteiger partial charge in [-0.25, -0.2) is 4.79 Å². The molecular formula is C13H16N2OS. The van der Waals surface area contributed by atoms with E-state index >= 15 is 0 Å². The Balaban J connectivity index is 1.90. The number of benzene rings is 1. The van der Waals surface area contributed by atoms with E-state index in [1.807, 2.05) is 37.5 Å². The van der Waals surface area contributed by atoms with E-state index in [-0.39, 0.29) is 5.69 Å². The fourth-order valence-electron chi connectivity index (χ4n) is 1.64. The number of aryl methyl sites for hydroxylation is 2. The average Bonchev–Trinajstić information content (AvgIpc) is 2.72. The number of hydrogen-bond donors (Lipinski definition) is 0. The van der Waals surface area contributed by atoms with Gasteiger partial charge in [0.15, 0.2) is 0 Å². The average molecular weight is 248 g/mol. The zero-order chi connectivity index (χ0) is 12.1. The fourth-order valence-corrected chi connectivity index (χ4v) is 2.52. The van der Waals surface area contributed by atoms with Gasteiger partial charge in [0.05, 0.1) is 0 Å². The summed E-state index contributed by atoms with van der Waals surface area (Å²) in [7, 11) is 0. The molecule has 0 aliphatic heterocycles. The lowest BCUT2D eigenvalue weighted by Gasteiger charge is -2.02. The lowest BCUT2D eigenvalue weighted by molar-refractivity contribution is 0.658. The second-order valence-electron chi connectivity index (χ2n) is 3.72. The quantitative estimate of drug-likeness (QED) is 0.760. The lowest BCUT2D eigenvalue weighted by atomic mass is 10.4. The van der Waals surface area contributed by atoms with E-state index in [2.05, 4.69) is 12.1 Å². The second kappa shape index (κ2) is 5.77. The number of rotatable bonds is 5. The minimum absolute atomic E-state index is 0.0844. The number of nitrogens with zero attached hydrogens (tertiary/aromatic N) is 2. The molecule has 0 aliphatic carbocycles. The van der Waals surface area contributed by atoms with Crippen molar-refractivity contribution in [1.82, 2.24) is 9.13 Å². The van der Waals surface area contributed by atoms with E-state index in [1.54, 1.807) is 20.9 Å². The van der Waals surface area contributed by atoms with Gasteiger partial charge < -0.3 is 0 Å². The third-order valence-electron chi connectivity index (χ3n) is 2.60. The van der Waals surface area contributed by atoms with Gasteiger partial charge >= 0.3 is 5.69 Å². The maximum Gasteiger partial charge on any atom is 0.328 e. The smallest absolute Gasteiger partial charge is 0.300 e. The van der Waals surface area contributed by atoms with Crippen molar-refractivity contribution in [1.29, 1.82) is 0 Å². The van der Waals surface area contributed by atoms with Crippen LogP contribution in [-0.4, -0.2) is 14.9 Å². The van der Waals surface area contributed by atoms with E-state index in [0.717, 1.165) is 18.8 Å². The van der Waals surface area contributed by atoms with Gasteiger partial charge in [-0.3, -0.25) is 9.13 Å². The standard InChI is InChI=1S/C13H16N2OS/c1-2-14-8-9-15(13(14)16)10-11-17-12-6-4-3-5-7-12/h3-9H,2,10-11H2,1H3. The van der Waals surface area contributed by atoms with Gasteiger partial charge in [-0.15, -0.1) is 11.8 Å². The Morgan fingerprint density at radius 1 is 1.12 bits per heavy atom. The molecule has 0 saturated heterocycles. The summed E-state index contributed by atoms with van der Waals surface area (Å²) >= 11 is 1.77. The first-order valence-corrected chi connectivity index (χ1v) is 6.73. The Morgan fingerprint density at radius 3 is 2.47 bits per heavy atom. The van der Waals surface area contributed by atoms with Gasteiger partial charge in [-0.2, -0.15) is 0 Å². The van der Waals surface area contributed by atoms with Crippen molar-refractivity contribution in [3.8, 4) is 0 Å². The number of imidazole rings is 1. The summed E-state index contributed by atoms with van der Waals surface area (Å²) in [5, 5.41) is 0. The predicted molar refractivity (Wildman–Crippen MR) is 71.5 cm³/mol. The van der Waals surface area contributed by atoms with Crippen LogP contribution in [0.5, 0.6) is 0 Å². The molecule has 0 unspecified atom stereocenters. The van der Waals surface area contributed by atoms with Gasteiger partial charge in [-0.05, 0) is 19.1 Å².